The first-order valence-corrected chi connectivity index (χ1v) is 10.6. The number of fused-ring (bicyclic) bond motifs is 1. The van der Waals surface area contributed by atoms with E-state index in [9.17, 15) is 14.7 Å². The van der Waals surface area contributed by atoms with Crippen LogP contribution in [0.3, 0.4) is 0 Å². The molecule has 0 saturated carbocycles. The van der Waals surface area contributed by atoms with Crippen molar-refractivity contribution in [3.05, 3.63) is 70.2 Å². The van der Waals surface area contributed by atoms with E-state index in [2.05, 4.69) is 4.98 Å². The molecule has 4 aromatic rings. The van der Waals surface area contributed by atoms with Crippen LogP contribution in [0.2, 0.25) is 5.02 Å². The molecule has 10 heteroatoms. The molecule has 0 aliphatic rings. The third kappa shape index (κ3) is 4.31. The summed E-state index contributed by atoms with van der Waals surface area (Å²) >= 11 is 7.30. The van der Waals surface area contributed by atoms with Crippen molar-refractivity contribution in [2.75, 3.05) is 13.7 Å². The number of benzene rings is 2. The first-order chi connectivity index (χ1) is 15.4. The molecule has 0 aliphatic heterocycles. The van der Waals surface area contributed by atoms with Crippen molar-refractivity contribution >= 4 is 39.1 Å². The summed E-state index contributed by atoms with van der Waals surface area (Å²) in [5.74, 6) is -0.875. The molecule has 2 aromatic carbocycles. The van der Waals surface area contributed by atoms with Gasteiger partial charge in [-0.1, -0.05) is 23.7 Å². The van der Waals surface area contributed by atoms with E-state index in [0.717, 1.165) is 10.4 Å². The number of nitrogens with zero attached hydrogens (tertiary/aromatic N) is 2. The summed E-state index contributed by atoms with van der Waals surface area (Å²) in [6.45, 7) is -0.443. The Balaban J connectivity index is 1.68. The number of carbonyl (C=O) groups is 1. The zero-order valence-electron chi connectivity index (χ0n) is 16.7. The lowest BCUT2D eigenvalue weighted by Crippen LogP contribution is -2.27. The van der Waals surface area contributed by atoms with Crippen molar-refractivity contribution in [1.29, 1.82) is 0 Å². The zero-order chi connectivity index (χ0) is 22.8. The van der Waals surface area contributed by atoms with E-state index in [1.165, 1.54) is 35.4 Å². The monoisotopic (exact) mass is 472 g/mol. The van der Waals surface area contributed by atoms with Crippen LogP contribution < -0.4 is 15.0 Å². The van der Waals surface area contributed by atoms with E-state index in [0.29, 0.717) is 20.9 Å². The summed E-state index contributed by atoms with van der Waals surface area (Å²) in [7, 11) is 1.42. The summed E-state index contributed by atoms with van der Waals surface area (Å²) < 4.78 is 12.5. The quantitative estimate of drug-likeness (QED) is 0.422. The van der Waals surface area contributed by atoms with Crippen LogP contribution in [-0.2, 0) is 4.79 Å². The van der Waals surface area contributed by atoms with Crippen LogP contribution in [0.25, 0.3) is 26.3 Å². The SMILES string of the molecule is COc1cc(-n2cnc3cc(-c4ccc(Cl)cc4)sc3c2=O)ccc1OCC(O)C(=O)O. The van der Waals surface area contributed by atoms with E-state index in [1.807, 2.05) is 18.2 Å². The first kappa shape index (κ1) is 21.8. The van der Waals surface area contributed by atoms with E-state index in [1.54, 1.807) is 24.3 Å². The molecule has 32 heavy (non-hydrogen) atoms. The molecule has 0 spiro atoms. The van der Waals surface area contributed by atoms with Gasteiger partial charge in [-0.25, -0.2) is 9.78 Å². The standard InChI is InChI=1S/C22H17ClN2O6S/c1-30-18-8-14(6-7-17(18)31-10-16(26)22(28)29)25-11-24-15-9-19(32-20(15)21(25)27)12-2-4-13(23)5-3-12/h2-9,11,16,26H,10H2,1H3,(H,28,29). The highest BCUT2D eigenvalue weighted by atomic mass is 35.5. The highest BCUT2D eigenvalue weighted by Gasteiger charge is 2.17. The molecular formula is C22H17ClN2O6S. The van der Waals surface area contributed by atoms with Gasteiger partial charge in [0.1, 0.15) is 17.6 Å². The minimum absolute atomic E-state index is 0.236. The van der Waals surface area contributed by atoms with Crippen LogP contribution in [0, 0.1) is 0 Å². The van der Waals surface area contributed by atoms with Gasteiger partial charge in [-0.05, 0) is 35.9 Å². The van der Waals surface area contributed by atoms with Gasteiger partial charge in [0.15, 0.2) is 17.6 Å². The van der Waals surface area contributed by atoms with Gasteiger partial charge in [-0.15, -0.1) is 11.3 Å². The number of halogens is 1. The lowest BCUT2D eigenvalue weighted by atomic mass is 10.2. The molecule has 2 aromatic heterocycles. The van der Waals surface area contributed by atoms with Crippen LogP contribution in [0.5, 0.6) is 11.5 Å². The zero-order valence-corrected chi connectivity index (χ0v) is 18.3. The van der Waals surface area contributed by atoms with Crippen LogP contribution in [0.4, 0.5) is 0 Å². The number of hydrogen-bond donors (Lipinski definition) is 2. The van der Waals surface area contributed by atoms with Gasteiger partial charge in [0.05, 0.1) is 18.3 Å². The second-order valence-electron chi connectivity index (χ2n) is 6.75. The highest BCUT2D eigenvalue weighted by molar-refractivity contribution is 7.22. The molecular weight excluding hydrogens is 456 g/mol. The van der Waals surface area contributed by atoms with Gasteiger partial charge in [0.2, 0.25) is 0 Å². The Morgan fingerprint density at radius 2 is 1.94 bits per heavy atom. The van der Waals surface area contributed by atoms with E-state index in [4.69, 9.17) is 26.2 Å². The number of aliphatic hydroxyl groups is 1. The van der Waals surface area contributed by atoms with Crippen LogP contribution in [0.15, 0.2) is 59.7 Å². The molecule has 0 aliphatic carbocycles. The summed E-state index contributed by atoms with van der Waals surface area (Å²) in [4.78, 5) is 29.2. The van der Waals surface area contributed by atoms with Crippen LogP contribution in [-0.4, -0.2) is 45.6 Å². The van der Waals surface area contributed by atoms with Gasteiger partial charge in [-0.2, -0.15) is 0 Å². The second kappa shape index (κ2) is 8.99. The molecule has 164 valence electrons. The molecule has 4 rings (SSSR count). The van der Waals surface area contributed by atoms with Gasteiger partial charge < -0.3 is 19.7 Å². The van der Waals surface area contributed by atoms with Crippen LogP contribution >= 0.6 is 22.9 Å². The normalized spacial score (nSPS) is 12.0. The van der Waals surface area contributed by atoms with E-state index in [-0.39, 0.29) is 17.1 Å². The molecule has 2 heterocycles. The second-order valence-corrected chi connectivity index (χ2v) is 8.24. The number of ether oxygens (including phenoxy) is 2. The minimum atomic E-state index is -1.66. The molecule has 0 saturated heterocycles. The van der Waals surface area contributed by atoms with Crippen LogP contribution in [0.1, 0.15) is 0 Å². The van der Waals surface area contributed by atoms with Crippen molar-refractivity contribution in [1.82, 2.24) is 9.55 Å². The van der Waals surface area contributed by atoms with Gasteiger partial charge >= 0.3 is 5.97 Å². The minimum Gasteiger partial charge on any atom is -0.493 e. The predicted octanol–water partition coefficient (Wildman–Crippen LogP) is 3.60. The largest absolute Gasteiger partial charge is 0.493 e. The fourth-order valence-electron chi connectivity index (χ4n) is 3.02. The Hall–Kier alpha value is -3.40. The average molecular weight is 473 g/mol. The number of carboxylic acid groups (broad SMARTS) is 1. The lowest BCUT2D eigenvalue weighted by Gasteiger charge is -2.14. The lowest BCUT2D eigenvalue weighted by molar-refractivity contribution is -0.148. The number of methoxy groups -OCH3 is 1. The van der Waals surface area contributed by atoms with E-state index < -0.39 is 18.7 Å². The van der Waals surface area contributed by atoms with Gasteiger partial charge in [0, 0.05) is 16.0 Å². The third-order valence-corrected chi connectivity index (χ3v) is 6.09. The fraction of sp³-hybridized carbons (Fsp3) is 0.136. The summed E-state index contributed by atoms with van der Waals surface area (Å²) in [5.41, 5.74) is 1.79. The molecule has 0 radical (unpaired) electrons. The fourth-order valence-corrected chi connectivity index (χ4v) is 4.19. The van der Waals surface area contributed by atoms with Crippen molar-refractivity contribution in [3.8, 4) is 27.6 Å². The summed E-state index contributed by atoms with van der Waals surface area (Å²) in [5, 5.41) is 18.8. The molecule has 2 N–H and O–H groups in total. The number of hydrogen-bond acceptors (Lipinski definition) is 7. The highest BCUT2D eigenvalue weighted by Crippen LogP contribution is 2.33. The van der Waals surface area contributed by atoms with Crippen molar-refractivity contribution in [2.45, 2.75) is 6.10 Å². The molecule has 0 fully saturated rings. The predicted molar refractivity (Wildman–Crippen MR) is 121 cm³/mol. The number of rotatable bonds is 7. The Kier molecular flexibility index (Phi) is 6.13. The Morgan fingerprint density at radius 3 is 2.62 bits per heavy atom. The van der Waals surface area contributed by atoms with Crippen molar-refractivity contribution in [3.63, 3.8) is 0 Å². The maximum atomic E-state index is 13.1. The summed E-state index contributed by atoms with van der Waals surface area (Å²) in [6.07, 6.45) is -0.228. The molecule has 0 bridgehead atoms. The topological polar surface area (TPSA) is 111 Å². The number of aromatic nitrogens is 2. The van der Waals surface area contributed by atoms with Crippen molar-refractivity contribution in [2.24, 2.45) is 0 Å². The number of thiophene rings is 1. The number of carboxylic acids is 1. The Labute approximate surface area is 190 Å². The number of aliphatic carboxylic acids is 1. The van der Waals surface area contributed by atoms with Crippen molar-refractivity contribution < 1.29 is 24.5 Å². The molecule has 1 atom stereocenters. The van der Waals surface area contributed by atoms with Gasteiger partial charge in [0.25, 0.3) is 5.56 Å². The Morgan fingerprint density at radius 1 is 1.19 bits per heavy atom. The number of aliphatic hydroxyl groups excluding tert-OH is 1. The summed E-state index contributed by atoms with van der Waals surface area (Å²) in [6, 6.07) is 13.9. The smallest absolute Gasteiger partial charge is 0.336 e. The average Bonchev–Trinajstić information content (AvgIpc) is 3.23. The third-order valence-electron chi connectivity index (χ3n) is 4.67. The first-order valence-electron chi connectivity index (χ1n) is 9.36. The Bertz CT molecular complexity index is 1350. The van der Waals surface area contributed by atoms with Gasteiger partial charge in [-0.3, -0.25) is 9.36 Å². The maximum absolute atomic E-state index is 13.1. The maximum Gasteiger partial charge on any atom is 0.336 e. The van der Waals surface area contributed by atoms with E-state index >= 15 is 0 Å². The molecule has 1 unspecified atom stereocenters. The molecule has 0 amide bonds. The molecule has 8 nitrogen and oxygen atoms in total.